The summed E-state index contributed by atoms with van der Waals surface area (Å²) in [5, 5.41) is 0.883. The number of nitrogens with zero attached hydrogens (tertiary/aromatic N) is 7. The van der Waals surface area contributed by atoms with Crippen LogP contribution in [0.25, 0.3) is 11.2 Å². The lowest BCUT2D eigenvalue weighted by molar-refractivity contribution is 0.944. The summed E-state index contributed by atoms with van der Waals surface area (Å²) in [4.78, 5) is 23.6. The summed E-state index contributed by atoms with van der Waals surface area (Å²) in [7, 11) is 1.85. The second-order valence-corrected chi connectivity index (χ2v) is 4.88. The Balaban J connectivity index is 0.000000126. The highest BCUT2D eigenvalue weighted by molar-refractivity contribution is 6.33. The van der Waals surface area contributed by atoms with Gasteiger partial charge in [-0.15, -0.1) is 0 Å². The van der Waals surface area contributed by atoms with Gasteiger partial charge in [-0.2, -0.15) is 0 Å². The van der Waals surface area contributed by atoms with Gasteiger partial charge in [0.25, 0.3) is 0 Å². The molecular weight excluding hydrogens is 313 g/mol. The maximum atomic E-state index is 5.79. The van der Waals surface area contributed by atoms with E-state index in [0.717, 1.165) is 23.3 Å². The van der Waals surface area contributed by atoms with Crippen molar-refractivity contribution >= 4 is 46.3 Å². The van der Waals surface area contributed by atoms with Gasteiger partial charge in [0.2, 0.25) is 0 Å². The monoisotopic (exact) mass is 321 g/mol. The number of imidazole rings is 1. The van der Waals surface area contributed by atoms with E-state index in [1.807, 2.05) is 7.05 Å². The zero-order valence-corrected chi connectivity index (χ0v) is 12.4. The minimum atomic E-state index is 0.440. The van der Waals surface area contributed by atoms with Crippen molar-refractivity contribution in [1.82, 2.24) is 29.5 Å². The molecule has 4 heterocycles. The minimum Gasteiger partial charge on any atom is -0.330 e. The van der Waals surface area contributed by atoms with Gasteiger partial charge in [0, 0.05) is 19.7 Å². The molecule has 7 nitrogen and oxygen atoms in total. The highest BCUT2D eigenvalue weighted by Crippen LogP contribution is 2.28. The molecule has 0 radical (unpaired) electrons. The normalized spacial score (nSPS) is 12.1. The summed E-state index contributed by atoms with van der Waals surface area (Å²) in [6.07, 6.45) is 7.07. The lowest BCUT2D eigenvalue weighted by atomic mass is 10.3. The van der Waals surface area contributed by atoms with Crippen LogP contribution in [0.3, 0.4) is 0 Å². The Kier molecular flexibility index (Phi) is 3.76. The predicted molar refractivity (Wildman–Crippen MR) is 80.2 cm³/mol. The molecule has 0 saturated heterocycles. The largest absolute Gasteiger partial charge is 0.330 e. The van der Waals surface area contributed by atoms with Crippen LogP contribution in [-0.4, -0.2) is 35.7 Å². The zero-order chi connectivity index (χ0) is 14.8. The molecule has 106 valence electrons. The van der Waals surface area contributed by atoms with Crippen molar-refractivity contribution in [3.8, 4) is 0 Å². The Morgan fingerprint density at radius 1 is 1.00 bits per heavy atom. The molecule has 0 aliphatic carbocycles. The second-order valence-electron chi connectivity index (χ2n) is 4.17. The van der Waals surface area contributed by atoms with Crippen LogP contribution in [0.1, 0.15) is 5.69 Å². The SMILES string of the molecule is Clc1ncnc2c1N=CC2.Cn1cnc2ncnc(Cl)c21. The van der Waals surface area contributed by atoms with Crippen LogP contribution >= 0.6 is 23.2 Å². The highest BCUT2D eigenvalue weighted by atomic mass is 35.5. The highest BCUT2D eigenvalue weighted by Gasteiger charge is 2.11. The van der Waals surface area contributed by atoms with E-state index in [-0.39, 0.29) is 0 Å². The molecule has 4 rings (SSSR count). The molecule has 9 heteroatoms. The molecule has 0 unspecified atom stereocenters. The average molecular weight is 322 g/mol. The molecule has 0 N–H and O–H groups in total. The molecule has 0 fully saturated rings. The zero-order valence-electron chi connectivity index (χ0n) is 10.9. The molecule has 0 amide bonds. The van der Waals surface area contributed by atoms with Gasteiger partial charge in [-0.1, -0.05) is 23.2 Å². The molecule has 1 aliphatic rings. The summed E-state index contributed by atoms with van der Waals surface area (Å²) in [6, 6.07) is 0. The number of halogens is 2. The maximum absolute atomic E-state index is 5.79. The Labute approximate surface area is 129 Å². The van der Waals surface area contributed by atoms with E-state index in [1.54, 1.807) is 17.1 Å². The van der Waals surface area contributed by atoms with Crippen molar-refractivity contribution in [3.63, 3.8) is 0 Å². The lowest BCUT2D eigenvalue weighted by Crippen LogP contribution is -1.87. The number of aliphatic imine (C=N–C) groups is 1. The van der Waals surface area contributed by atoms with Crippen molar-refractivity contribution in [3.05, 3.63) is 35.0 Å². The van der Waals surface area contributed by atoms with Crippen LogP contribution in [0.2, 0.25) is 10.3 Å². The van der Waals surface area contributed by atoms with E-state index in [9.17, 15) is 0 Å². The third-order valence-electron chi connectivity index (χ3n) is 2.82. The standard InChI is InChI=1S/C6H5ClN4.C6H4ClN3/c1-11-3-10-6-4(11)5(7)8-2-9-6;7-6-5-4(1-2-8-5)9-3-10-6/h2-3H,1H3;2-3H,1H2. The fourth-order valence-electron chi connectivity index (χ4n) is 1.84. The summed E-state index contributed by atoms with van der Waals surface area (Å²) in [6.45, 7) is 0. The van der Waals surface area contributed by atoms with Crippen molar-refractivity contribution in [2.45, 2.75) is 6.42 Å². The quantitative estimate of drug-likeness (QED) is 0.594. The van der Waals surface area contributed by atoms with E-state index >= 15 is 0 Å². The summed E-state index contributed by atoms with van der Waals surface area (Å²) < 4.78 is 1.79. The van der Waals surface area contributed by atoms with Gasteiger partial charge in [0.15, 0.2) is 16.0 Å². The first kappa shape index (κ1) is 13.8. The fourth-order valence-corrected chi connectivity index (χ4v) is 2.30. The summed E-state index contributed by atoms with van der Waals surface area (Å²) in [5.41, 5.74) is 3.05. The third kappa shape index (κ3) is 2.70. The van der Waals surface area contributed by atoms with Crippen molar-refractivity contribution < 1.29 is 0 Å². The Morgan fingerprint density at radius 3 is 2.52 bits per heavy atom. The molecule has 0 saturated carbocycles. The minimum absolute atomic E-state index is 0.440. The van der Waals surface area contributed by atoms with E-state index < -0.39 is 0 Å². The van der Waals surface area contributed by atoms with Gasteiger partial charge in [-0.25, -0.2) is 24.9 Å². The van der Waals surface area contributed by atoms with Gasteiger partial charge in [0.1, 0.15) is 23.9 Å². The van der Waals surface area contributed by atoms with Crippen LogP contribution in [0.4, 0.5) is 5.69 Å². The van der Waals surface area contributed by atoms with E-state index in [0.29, 0.717) is 16.0 Å². The van der Waals surface area contributed by atoms with E-state index in [4.69, 9.17) is 23.2 Å². The maximum Gasteiger partial charge on any atom is 0.182 e. The topological polar surface area (TPSA) is 81.7 Å². The van der Waals surface area contributed by atoms with Crippen LogP contribution in [0, 0.1) is 0 Å². The number of aryl methyl sites for hydroxylation is 1. The molecule has 0 bridgehead atoms. The molecule has 0 spiro atoms. The van der Waals surface area contributed by atoms with Crippen molar-refractivity contribution in [2.24, 2.45) is 12.0 Å². The second kappa shape index (κ2) is 5.71. The number of fused-ring (bicyclic) bond motifs is 2. The Hall–Kier alpha value is -2.12. The van der Waals surface area contributed by atoms with E-state index in [1.165, 1.54) is 12.7 Å². The predicted octanol–water partition coefficient (Wildman–Crippen LogP) is 2.41. The first-order chi connectivity index (χ1) is 10.2. The van der Waals surface area contributed by atoms with Crippen LogP contribution in [0.15, 0.2) is 24.0 Å². The van der Waals surface area contributed by atoms with Gasteiger partial charge < -0.3 is 4.57 Å². The lowest BCUT2D eigenvalue weighted by Gasteiger charge is -1.94. The molecule has 21 heavy (non-hydrogen) atoms. The third-order valence-corrected chi connectivity index (χ3v) is 3.38. The molecule has 1 aliphatic heterocycles. The van der Waals surface area contributed by atoms with Gasteiger partial charge in [-0.3, -0.25) is 4.99 Å². The van der Waals surface area contributed by atoms with Gasteiger partial charge in [-0.05, 0) is 0 Å². The average Bonchev–Trinajstić information content (AvgIpc) is 3.08. The summed E-state index contributed by atoms with van der Waals surface area (Å²) >= 11 is 11.5. The molecule has 3 aromatic rings. The van der Waals surface area contributed by atoms with Crippen molar-refractivity contribution in [1.29, 1.82) is 0 Å². The summed E-state index contributed by atoms with van der Waals surface area (Å²) in [5.74, 6) is 0. The Morgan fingerprint density at radius 2 is 1.76 bits per heavy atom. The van der Waals surface area contributed by atoms with Crippen LogP contribution < -0.4 is 0 Å². The molecule has 0 atom stereocenters. The van der Waals surface area contributed by atoms with Crippen LogP contribution in [-0.2, 0) is 13.5 Å². The number of hydrogen-bond acceptors (Lipinski definition) is 6. The van der Waals surface area contributed by atoms with Gasteiger partial charge in [0.05, 0.1) is 12.0 Å². The van der Waals surface area contributed by atoms with Gasteiger partial charge >= 0.3 is 0 Å². The first-order valence-electron chi connectivity index (χ1n) is 5.96. The smallest absolute Gasteiger partial charge is 0.182 e. The fraction of sp³-hybridized carbons (Fsp3) is 0.167. The van der Waals surface area contributed by atoms with Crippen LogP contribution in [0.5, 0.6) is 0 Å². The number of rotatable bonds is 0. The first-order valence-corrected chi connectivity index (χ1v) is 6.72. The number of hydrogen-bond donors (Lipinski definition) is 0. The van der Waals surface area contributed by atoms with Crippen molar-refractivity contribution in [2.75, 3.05) is 0 Å². The molecular formula is C12H9Cl2N7. The Bertz CT molecular complexity index is 828. The number of aromatic nitrogens is 6. The van der Waals surface area contributed by atoms with E-state index in [2.05, 4.69) is 29.9 Å². The molecule has 0 aromatic carbocycles. The molecule has 3 aromatic heterocycles.